The first kappa shape index (κ1) is 11.0. The van der Waals surface area contributed by atoms with Gasteiger partial charge in [0, 0.05) is 18.2 Å². The van der Waals surface area contributed by atoms with Gasteiger partial charge in [-0.2, -0.15) is 0 Å². The largest absolute Gasteiger partial charge is 0.467 e. The highest BCUT2D eigenvalue weighted by molar-refractivity contribution is 5.35. The van der Waals surface area contributed by atoms with Crippen molar-refractivity contribution >= 4 is 0 Å². The smallest absolute Gasteiger partial charge is 0.189 e. The zero-order chi connectivity index (χ0) is 10.4. The number of rotatable bonds is 5. The summed E-state index contributed by atoms with van der Waals surface area (Å²) < 4.78 is 10.5. The van der Waals surface area contributed by atoms with Crippen LogP contribution in [0.3, 0.4) is 0 Å². The summed E-state index contributed by atoms with van der Waals surface area (Å²) in [5, 5.41) is 0. The van der Waals surface area contributed by atoms with Gasteiger partial charge in [-0.1, -0.05) is 18.2 Å². The van der Waals surface area contributed by atoms with Crippen molar-refractivity contribution in [3.05, 3.63) is 29.8 Å². The molecule has 0 aromatic heterocycles. The van der Waals surface area contributed by atoms with Crippen LogP contribution in [0, 0.1) is 0 Å². The van der Waals surface area contributed by atoms with Crippen LogP contribution in [0.1, 0.15) is 25.5 Å². The first-order chi connectivity index (χ1) is 6.75. The molecule has 0 amide bonds. The summed E-state index contributed by atoms with van der Waals surface area (Å²) in [5.74, 6) is 0.802. The van der Waals surface area contributed by atoms with Gasteiger partial charge in [0.05, 0.1) is 0 Å². The van der Waals surface area contributed by atoms with E-state index in [1.807, 2.05) is 38.1 Å². The minimum atomic E-state index is -0.0205. The van der Waals surface area contributed by atoms with E-state index in [1.165, 1.54) is 0 Å². The van der Waals surface area contributed by atoms with Crippen LogP contribution in [0.15, 0.2) is 24.3 Å². The fourth-order valence-electron chi connectivity index (χ4n) is 1.18. The lowest BCUT2D eigenvalue weighted by Crippen LogP contribution is -2.09. The highest BCUT2D eigenvalue weighted by Crippen LogP contribution is 2.22. The molecule has 1 rings (SSSR count). The third kappa shape index (κ3) is 3.01. The normalized spacial score (nSPS) is 12.5. The maximum Gasteiger partial charge on any atom is 0.189 e. The first-order valence-corrected chi connectivity index (χ1v) is 4.80. The van der Waals surface area contributed by atoms with E-state index in [1.54, 1.807) is 0 Å². The van der Waals surface area contributed by atoms with Gasteiger partial charge in [-0.05, 0) is 19.9 Å². The van der Waals surface area contributed by atoms with Crippen molar-refractivity contribution in [1.29, 1.82) is 0 Å². The Morgan fingerprint density at radius 2 is 2.07 bits per heavy atom. The molecule has 0 radical (unpaired) electrons. The zero-order valence-electron chi connectivity index (χ0n) is 8.69. The van der Waals surface area contributed by atoms with Crippen molar-refractivity contribution < 1.29 is 9.47 Å². The highest BCUT2D eigenvalue weighted by atomic mass is 16.7. The molecule has 1 atom stereocenters. The SMILES string of the molecule is CCOCOc1ccccc1[C@@H](C)N. The summed E-state index contributed by atoms with van der Waals surface area (Å²) in [6, 6.07) is 7.72. The van der Waals surface area contributed by atoms with Crippen molar-refractivity contribution in [2.45, 2.75) is 19.9 Å². The van der Waals surface area contributed by atoms with E-state index >= 15 is 0 Å². The van der Waals surface area contributed by atoms with Crippen LogP contribution in [0.5, 0.6) is 5.75 Å². The quantitative estimate of drug-likeness (QED) is 0.578. The van der Waals surface area contributed by atoms with E-state index in [9.17, 15) is 0 Å². The van der Waals surface area contributed by atoms with Crippen molar-refractivity contribution in [2.75, 3.05) is 13.4 Å². The Kier molecular flexibility index (Phi) is 4.43. The third-order valence-electron chi connectivity index (χ3n) is 1.91. The number of hydrogen-bond donors (Lipinski definition) is 1. The Bertz CT molecular complexity index is 274. The third-order valence-corrected chi connectivity index (χ3v) is 1.91. The van der Waals surface area contributed by atoms with Crippen molar-refractivity contribution in [3.63, 3.8) is 0 Å². The number of ether oxygens (including phenoxy) is 2. The second kappa shape index (κ2) is 5.62. The van der Waals surface area contributed by atoms with Gasteiger partial charge < -0.3 is 15.2 Å². The second-order valence-electron chi connectivity index (χ2n) is 3.08. The fraction of sp³-hybridized carbons (Fsp3) is 0.455. The Morgan fingerprint density at radius 3 is 2.71 bits per heavy atom. The summed E-state index contributed by atoms with van der Waals surface area (Å²) in [4.78, 5) is 0. The lowest BCUT2D eigenvalue weighted by atomic mass is 10.1. The fourth-order valence-corrected chi connectivity index (χ4v) is 1.18. The molecule has 1 aromatic rings. The Labute approximate surface area is 84.8 Å². The molecule has 0 heterocycles. The van der Waals surface area contributed by atoms with Crippen LogP contribution in [0.4, 0.5) is 0 Å². The number of nitrogens with two attached hydrogens (primary N) is 1. The topological polar surface area (TPSA) is 44.5 Å². The molecule has 1 aromatic carbocycles. The molecule has 3 nitrogen and oxygen atoms in total. The summed E-state index contributed by atoms with van der Waals surface area (Å²) in [5.41, 5.74) is 6.80. The van der Waals surface area contributed by atoms with E-state index in [4.69, 9.17) is 15.2 Å². The molecule has 0 aliphatic carbocycles. The predicted molar refractivity (Wildman–Crippen MR) is 56.2 cm³/mol. The van der Waals surface area contributed by atoms with Crippen LogP contribution in [-0.2, 0) is 4.74 Å². The maximum atomic E-state index is 5.80. The van der Waals surface area contributed by atoms with E-state index in [0.717, 1.165) is 11.3 Å². The van der Waals surface area contributed by atoms with Gasteiger partial charge in [0.15, 0.2) is 6.79 Å². The molecule has 14 heavy (non-hydrogen) atoms. The van der Waals surface area contributed by atoms with Gasteiger partial charge in [-0.15, -0.1) is 0 Å². The summed E-state index contributed by atoms with van der Waals surface area (Å²) >= 11 is 0. The molecule has 0 aliphatic rings. The molecular formula is C11H17NO2. The minimum Gasteiger partial charge on any atom is -0.467 e. The summed E-state index contributed by atoms with van der Waals surface area (Å²) in [6.07, 6.45) is 0. The molecular weight excluding hydrogens is 178 g/mol. The van der Waals surface area contributed by atoms with Crippen LogP contribution in [0.25, 0.3) is 0 Å². The lowest BCUT2D eigenvalue weighted by molar-refractivity contribution is 0.0217. The second-order valence-corrected chi connectivity index (χ2v) is 3.08. The van der Waals surface area contributed by atoms with Crippen molar-refractivity contribution in [3.8, 4) is 5.75 Å². The number of benzene rings is 1. The van der Waals surface area contributed by atoms with E-state index in [-0.39, 0.29) is 12.8 Å². The minimum absolute atomic E-state index is 0.0205. The van der Waals surface area contributed by atoms with Gasteiger partial charge >= 0.3 is 0 Å². The Morgan fingerprint density at radius 1 is 1.36 bits per heavy atom. The van der Waals surface area contributed by atoms with Crippen molar-refractivity contribution in [1.82, 2.24) is 0 Å². The monoisotopic (exact) mass is 195 g/mol. The maximum absolute atomic E-state index is 5.80. The molecule has 0 spiro atoms. The van der Waals surface area contributed by atoms with E-state index in [0.29, 0.717) is 6.61 Å². The molecule has 0 fully saturated rings. The standard InChI is InChI=1S/C11H17NO2/c1-3-13-8-14-11-7-5-4-6-10(11)9(2)12/h4-7,9H,3,8,12H2,1-2H3/t9-/m1/s1. The highest BCUT2D eigenvalue weighted by Gasteiger charge is 2.06. The van der Waals surface area contributed by atoms with Gasteiger partial charge in [-0.25, -0.2) is 0 Å². The van der Waals surface area contributed by atoms with Crippen molar-refractivity contribution in [2.24, 2.45) is 5.73 Å². The average molecular weight is 195 g/mol. The van der Waals surface area contributed by atoms with Crippen LogP contribution >= 0.6 is 0 Å². The molecule has 3 heteroatoms. The molecule has 0 saturated carbocycles. The lowest BCUT2D eigenvalue weighted by Gasteiger charge is -2.13. The summed E-state index contributed by atoms with van der Waals surface area (Å²) in [6.45, 7) is 4.80. The zero-order valence-corrected chi connectivity index (χ0v) is 8.69. The first-order valence-electron chi connectivity index (χ1n) is 4.80. The summed E-state index contributed by atoms with van der Waals surface area (Å²) in [7, 11) is 0. The van der Waals surface area contributed by atoms with Crippen LogP contribution in [0.2, 0.25) is 0 Å². The van der Waals surface area contributed by atoms with Crippen LogP contribution in [-0.4, -0.2) is 13.4 Å². The van der Waals surface area contributed by atoms with Crippen LogP contribution < -0.4 is 10.5 Å². The molecule has 0 saturated heterocycles. The number of hydrogen-bond acceptors (Lipinski definition) is 3. The van der Waals surface area contributed by atoms with Gasteiger partial charge in [-0.3, -0.25) is 0 Å². The Balaban J connectivity index is 2.64. The molecule has 78 valence electrons. The predicted octanol–water partition coefficient (Wildman–Crippen LogP) is 2.08. The molecule has 0 bridgehead atoms. The average Bonchev–Trinajstić information content (AvgIpc) is 2.19. The number of para-hydroxylation sites is 1. The van der Waals surface area contributed by atoms with Gasteiger partial charge in [0.1, 0.15) is 5.75 Å². The van der Waals surface area contributed by atoms with E-state index in [2.05, 4.69) is 0 Å². The molecule has 2 N–H and O–H groups in total. The molecule has 0 unspecified atom stereocenters. The van der Waals surface area contributed by atoms with Gasteiger partial charge in [0.2, 0.25) is 0 Å². The molecule has 0 aliphatic heterocycles. The Hall–Kier alpha value is -1.06. The van der Waals surface area contributed by atoms with Gasteiger partial charge in [0.25, 0.3) is 0 Å². The van der Waals surface area contributed by atoms with E-state index < -0.39 is 0 Å².